The van der Waals surface area contributed by atoms with Gasteiger partial charge in [0.2, 0.25) is 0 Å². The van der Waals surface area contributed by atoms with Gasteiger partial charge in [0.15, 0.2) is 0 Å². The van der Waals surface area contributed by atoms with Gasteiger partial charge in [0.25, 0.3) is 0 Å². The molecule has 1 aliphatic rings. The van der Waals surface area contributed by atoms with Gasteiger partial charge in [0.05, 0.1) is 13.0 Å². The molecule has 0 spiro atoms. The summed E-state index contributed by atoms with van der Waals surface area (Å²) >= 11 is 0. The van der Waals surface area contributed by atoms with Crippen molar-refractivity contribution in [2.45, 2.75) is 32.7 Å². The number of rotatable bonds is 3. The Morgan fingerprint density at radius 3 is 3.29 bits per heavy atom. The number of carbonyl (C=O) groups is 1. The van der Waals surface area contributed by atoms with E-state index < -0.39 is 0 Å². The molecular weight excluding hydrogens is 178 g/mol. The topological polar surface area (TPSA) is 31.2 Å². The molecule has 0 atom stereocenters. The van der Waals surface area contributed by atoms with E-state index in [0.29, 0.717) is 13.0 Å². The second-order valence-electron chi connectivity index (χ2n) is 3.57. The van der Waals surface area contributed by atoms with Gasteiger partial charge in [-0.1, -0.05) is 0 Å². The number of nitrogens with zero attached hydrogens (tertiary/aromatic N) is 1. The van der Waals surface area contributed by atoms with Crippen molar-refractivity contribution in [1.82, 2.24) is 4.57 Å². The maximum absolute atomic E-state index is 11.3. The van der Waals surface area contributed by atoms with E-state index in [0.717, 1.165) is 18.5 Å². The molecular formula is C11H15NO2. The van der Waals surface area contributed by atoms with Gasteiger partial charge in [-0.05, 0) is 31.4 Å². The number of carbonyl (C=O) groups excluding carboxylic acids is 1. The van der Waals surface area contributed by atoms with E-state index in [1.165, 1.54) is 12.1 Å². The highest BCUT2D eigenvalue weighted by Crippen LogP contribution is 2.20. The third kappa shape index (κ3) is 1.67. The van der Waals surface area contributed by atoms with Crippen molar-refractivity contribution in [3.05, 3.63) is 23.5 Å². The van der Waals surface area contributed by atoms with E-state index in [-0.39, 0.29) is 5.97 Å². The number of aryl methyl sites for hydroxylation is 1. The molecule has 2 rings (SSSR count). The van der Waals surface area contributed by atoms with E-state index in [4.69, 9.17) is 4.74 Å². The van der Waals surface area contributed by atoms with Gasteiger partial charge < -0.3 is 9.30 Å². The monoisotopic (exact) mass is 193 g/mol. The Morgan fingerprint density at radius 1 is 1.64 bits per heavy atom. The van der Waals surface area contributed by atoms with Crippen LogP contribution < -0.4 is 0 Å². The number of hydrogen-bond donors (Lipinski definition) is 0. The summed E-state index contributed by atoms with van der Waals surface area (Å²) in [5.74, 6) is -0.117. The van der Waals surface area contributed by atoms with E-state index in [1.54, 1.807) is 0 Å². The molecule has 0 amide bonds. The van der Waals surface area contributed by atoms with Crippen molar-refractivity contribution < 1.29 is 9.53 Å². The molecule has 0 bridgehead atoms. The Hall–Kier alpha value is -1.25. The van der Waals surface area contributed by atoms with Gasteiger partial charge in [-0.15, -0.1) is 0 Å². The molecule has 3 heteroatoms. The summed E-state index contributed by atoms with van der Waals surface area (Å²) in [6, 6.07) is 2.03. The Labute approximate surface area is 83.7 Å². The normalized spacial score (nSPS) is 14.1. The average Bonchev–Trinajstić information content (AvgIpc) is 2.70. The second-order valence-corrected chi connectivity index (χ2v) is 3.57. The predicted octanol–water partition coefficient (Wildman–Crippen LogP) is 1.54. The molecule has 0 fully saturated rings. The Bertz CT molecular complexity index is 341. The lowest BCUT2D eigenvalue weighted by atomic mass is 10.1. The number of hydrogen-bond acceptors (Lipinski definition) is 2. The van der Waals surface area contributed by atoms with E-state index >= 15 is 0 Å². The molecule has 0 N–H and O–H groups in total. The van der Waals surface area contributed by atoms with Crippen LogP contribution in [0.3, 0.4) is 0 Å². The summed E-state index contributed by atoms with van der Waals surface area (Å²) in [5, 5.41) is 0. The van der Waals surface area contributed by atoms with Crippen LogP contribution in [0.5, 0.6) is 0 Å². The van der Waals surface area contributed by atoms with Gasteiger partial charge in [-0.25, -0.2) is 0 Å². The van der Waals surface area contributed by atoms with Crippen molar-refractivity contribution in [2.24, 2.45) is 0 Å². The minimum absolute atomic E-state index is 0.117. The largest absolute Gasteiger partial charge is 0.466 e. The number of fused-ring (bicyclic) bond motifs is 1. The van der Waals surface area contributed by atoms with Crippen LogP contribution in [0, 0.1) is 0 Å². The predicted molar refractivity (Wildman–Crippen MR) is 53.1 cm³/mol. The van der Waals surface area contributed by atoms with Crippen LogP contribution in [-0.4, -0.2) is 17.1 Å². The molecule has 0 unspecified atom stereocenters. The van der Waals surface area contributed by atoms with Gasteiger partial charge in [0.1, 0.15) is 0 Å². The smallest absolute Gasteiger partial charge is 0.310 e. The quantitative estimate of drug-likeness (QED) is 0.682. The molecule has 0 saturated heterocycles. The maximum atomic E-state index is 11.3. The van der Waals surface area contributed by atoms with Crippen molar-refractivity contribution >= 4 is 5.97 Å². The highest BCUT2D eigenvalue weighted by molar-refractivity contribution is 5.73. The molecule has 0 aliphatic carbocycles. The van der Waals surface area contributed by atoms with E-state index in [9.17, 15) is 4.79 Å². The van der Waals surface area contributed by atoms with Crippen molar-refractivity contribution in [3.63, 3.8) is 0 Å². The molecule has 0 aromatic carbocycles. The lowest BCUT2D eigenvalue weighted by Crippen LogP contribution is -2.08. The molecule has 0 saturated carbocycles. The Morgan fingerprint density at radius 2 is 2.50 bits per heavy atom. The average molecular weight is 193 g/mol. The molecule has 76 valence electrons. The highest BCUT2D eigenvalue weighted by atomic mass is 16.5. The zero-order chi connectivity index (χ0) is 9.97. The number of ether oxygens (including phenoxy) is 1. The summed E-state index contributed by atoms with van der Waals surface area (Å²) in [5.41, 5.74) is 2.46. The van der Waals surface area contributed by atoms with Crippen LogP contribution in [0.15, 0.2) is 12.3 Å². The zero-order valence-electron chi connectivity index (χ0n) is 8.45. The van der Waals surface area contributed by atoms with E-state index in [2.05, 4.69) is 10.8 Å². The SMILES string of the molecule is CCOC(=O)Cc1ccn2c1CCC2. The van der Waals surface area contributed by atoms with Gasteiger partial charge >= 0.3 is 5.97 Å². The molecule has 1 aliphatic heterocycles. The summed E-state index contributed by atoms with van der Waals surface area (Å²) in [6.07, 6.45) is 4.79. The lowest BCUT2D eigenvalue weighted by molar-refractivity contribution is -0.142. The second kappa shape index (κ2) is 3.86. The van der Waals surface area contributed by atoms with Gasteiger partial charge in [-0.3, -0.25) is 4.79 Å². The minimum Gasteiger partial charge on any atom is -0.466 e. The molecule has 1 aromatic heterocycles. The number of esters is 1. The molecule has 14 heavy (non-hydrogen) atoms. The molecule has 0 radical (unpaired) electrons. The minimum atomic E-state index is -0.117. The third-order valence-electron chi connectivity index (χ3n) is 2.63. The van der Waals surface area contributed by atoms with E-state index in [1.807, 2.05) is 13.0 Å². The molecule has 1 aromatic rings. The van der Waals surface area contributed by atoms with Crippen LogP contribution in [0.4, 0.5) is 0 Å². The Balaban J connectivity index is 2.06. The maximum Gasteiger partial charge on any atom is 0.310 e. The summed E-state index contributed by atoms with van der Waals surface area (Å²) < 4.78 is 7.16. The summed E-state index contributed by atoms with van der Waals surface area (Å²) in [7, 11) is 0. The van der Waals surface area contributed by atoms with Crippen LogP contribution in [0.2, 0.25) is 0 Å². The number of aromatic nitrogens is 1. The zero-order valence-corrected chi connectivity index (χ0v) is 8.45. The van der Waals surface area contributed by atoms with Crippen molar-refractivity contribution in [2.75, 3.05) is 6.61 Å². The van der Waals surface area contributed by atoms with Gasteiger partial charge in [-0.2, -0.15) is 0 Å². The van der Waals surface area contributed by atoms with Crippen molar-refractivity contribution in [3.8, 4) is 0 Å². The first-order chi connectivity index (χ1) is 6.81. The standard InChI is InChI=1S/C11H15NO2/c1-2-14-11(13)8-9-5-7-12-6-3-4-10(9)12/h5,7H,2-4,6,8H2,1H3. The molecule has 2 heterocycles. The summed E-state index contributed by atoms with van der Waals surface area (Å²) in [6.45, 7) is 3.40. The summed E-state index contributed by atoms with van der Waals surface area (Å²) in [4.78, 5) is 11.3. The van der Waals surface area contributed by atoms with Gasteiger partial charge in [0, 0.05) is 18.4 Å². The first kappa shape index (κ1) is 9.31. The highest BCUT2D eigenvalue weighted by Gasteiger charge is 2.16. The Kier molecular flexibility index (Phi) is 2.57. The van der Waals surface area contributed by atoms with Crippen LogP contribution in [0.1, 0.15) is 24.6 Å². The first-order valence-electron chi connectivity index (χ1n) is 5.13. The molecule has 3 nitrogen and oxygen atoms in total. The van der Waals surface area contributed by atoms with Crippen LogP contribution in [-0.2, 0) is 28.9 Å². The van der Waals surface area contributed by atoms with Crippen LogP contribution in [0.25, 0.3) is 0 Å². The fourth-order valence-electron chi connectivity index (χ4n) is 2.01. The lowest BCUT2D eigenvalue weighted by Gasteiger charge is -2.02. The first-order valence-corrected chi connectivity index (χ1v) is 5.13. The fraction of sp³-hybridized carbons (Fsp3) is 0.545. The third-order valence-corrected chi connectivity index (χ3v) is 2.63. The van der Waals surface area contributed by atoms with Crippen LogP contribution >= 0.6 is 0 Å². The van der Waals surface area contributed by atoms with Crippen molar-refractivity contribution in [1.29, 1.82) is 0 Å². The fourth-order valence-corrected chi connectivity index (χ4v) is 2.01.